The van der Waals surface area contributed by atoms with Crippen LogP contribution in [0.2, 0.25) is 10.0 Å². The Kier molecular flexibility index (Phi) is 7.98. The molecule has 0 spiro atoms. The molecule has 3 aromatic carbocycles. The highest BCUT2D eigenvalue weighted by molar-refractivity contribution is 6.35. The van der Waals surface area contributed by atoms with Crippen molar-refractivity contribution in [1.29, 1.82) is 0 Å². The Morgan fingerprint density at radius 3 is 2.52 bits per heavy atom. The third kappa shape index (κ3) is 5.98. The second-order valence-corrected chi connectivity index (χ2v) is 11.0. The van der Waals surface area contributed by atoms with Gasteiger partial charge in [0.1, 0.15) is 5.82 Å². The second kappa shape index (κ2) is 11.9. The van der Waals surface area contributed by atoms with Gasteiger partial charge in [-0.15, -0.1) is 10.2 Å². The second-order valence-electron chi connectivity index (χ2n) is 10.2. The molecule has 7 nitrogen and oxygen atoms in total. The van der Waals surface area contributed by atoms with Gasteiger partial charge in [0.05, 0.1) is 17.3 Å². The van der Waals surface area contributed by atoms with Crippen molar-refractivity contribution in [2.45, 2.75) is 12.8 Å². The van der Waals surface area contributed by atoms with Gasteiger partial charge in [-0.2, -0.15) is 0 Å². The summed E-state index contributed by atoms with van der Waals surface area (Å²) in [7, 11) is 0. The zero-order chi connectivity index (χ0) is 27.5. The maximum atomic E-state index is 12.9. The number of hydrogen-bond acceptors (Lipinski definition) is 5. The van der Waals surface area contributed by atoms with E-state index in [9.17, 15) is 4.79 Å². The average Bonchev–Trinajstić information content (AvgIpc) is 3.40. The normalized spacial score (nSPS) is 15.7. The Morgan fingerprint density at radius 2 is 1.70 bits per heavy atom. The first-order chi connectivity index (χ1) is 19.5. The highest BCUT2D eigenvalue weighted by Gasteiger charge is 2.24. The number of amides is 1. The lowest BCUT2D eigenvalue weighted by molar-refractivity contribution is -0.117. The lowest BCUT2D eigenvalue weighted by atomic mass is 10.0. The third-order valence-electron chi connectivity index (χ3n) is 7.43. The molecule has 2 aliphatic heterocycles. The number of benzene rings is 3. The number of carbonyl (C=O) groups excluding carboxylic acids is 1. The van der Waals surface area contributed by atoms with E-state index in [2.05, 4.69) is 67.8 Å². The van der Waals surface area contributed by atoms with Crippen LogP contribution < -0.4 is 5.32 Å². The fraction of sp³-hybridized carbons (Fsp3) is 0.258. The summed E-state index contributed by atoms with van der Waals surface area (Å²) >= 11 is 12.7. The quantitative estimate of drug-likeness (QED) is 0.312. The molecule has 0 bridgehead atoms. The van der Waals surface area contributed by atoms with Crippen molar-refractivity contribution in [2.75, 3.05) is 44.6 Å². The first kappa shape index (κ1) is 26.7. The van der Waals surface area contributed by atoms with Crippen LogP contribution in [0.3, 0.4) is 0 Å². The first-order valence-corrected chi connectivity index (χ1v) is 14.3. The summed E-state index contributed by atoms with van der Waals surface area (Å²) in [5, 5.41) is 13.1. The van der Waals surface area contributed by atoms with Gasteiger partial charge in [-0.25, -0.2) is 0 Å². The van der Waals surface area contributed by atoms with E-state index in [1.54, 1.807) is 12.1 Å². The van der Waals surface area contributed by atoms with Crippen LogP contribution >= 0.6 is 23.2 Å². The van der Waals surface area contributed by atoms with E-state index < -0.39 is 0 Å². The molecule has 9 heteroatoms. The van der Waals surface area contributed by atoms with E-state index in [1.807, 2.05) is 28.8 Å². The van der Waals surface area contributed by atoms with Crippen LogP contribution in [0.4, 0.5) is 5.69 Å². The van der Waals surface area contributed by atoms with Crippen molar-refractivity contribution in [3.8, 4) is 17.1 Å². The summed E-state index contributed by atoms with van der Waals surface area (Å²) in [5.74, 6) is 1.55. The number of rotatable bonds is 7. The predicted molar refractivity (Wildman–Crippen MR) is 161 cm³/mol. The van der Waals surface area contributed by atoms with Crippen LogP contribution in [0.5, 0.6) is 0 Å². The number of carbonyl (C=O) groups is 1. The minimum Gasteiger partial charge on any atom is -0.325 e. The average molecular weight is 574 g/mol. The minimum absolute atomic E-state index is 0.00423. The van der Waals surface area contributed by atoms with Crippen molar-refractivity contribution in [2.24, 2.45) is 0 Å². The molecule has 6 rings (SSSR count). The molecule has 2 aliphatic rings. The highest BCUT2D eigenvalue weighted by Crippen LogP contribution is 2.35. The molecule has 1 fully saturated rings. The Hall–Kier alpha value is -3.49. The van der Waals surface area contributed by atoms with Gasteiger partial charge in [0.15, 0.2) is 5.82 Å². The van der Waals surface area contributed by atoms with Crippen LogP contribution in [0.25, 0.3) is 23.2 Å². The van der Waals surface area contributed by atoms with Crippen LogP contribution in [0, 0.1) is 0 Å². The molecule has 3 heterocycles. The lowest BCUT2D eigenvalue weighted by Gasteiger charge is -2.33. The van der Waals surface area contributed by atoms with Crippen molar-refractivity contribution >= 4 is 40.9 Å². The molecule has 204 valence electrons. The van der Waals surface area contributed by atoms with E-state index in [0.717, 1.165) is 73.9 Å². The summed E-state index contributed by atoms with van der Waals surface area (Å²) in [5.41, 5.74) is 4.88. The van der Waals surface area contributed by atoms with Crippen LogP contribution in [-0.4, -0.2) is 69.7 Å². The molecule has 0 saturated carbocycles. The van der Waals surface area contributed by atoms with Gasteiger partial charge in [-0.05, 0) is 53.9 Å². The first-order valence-electron chi connectivity index (χ1n) is 13.5. The maximum absolute atomic E-state index is 12.9. The molecule has 0 radical (unpaired) electrons. The zero-order valence-corrected chi connectivity index (χ0v) is 23.6. The molecule has 0 atom stereocenters. The lowest BCUT2D eigenvalue weighted by Crippen LogP contribution is -2.48. The molecule has 1 amide bonds. The number of nitrogens with one attached hydrogen (secondary N) is 1. The molecular weight excluding hydrogens is 543 g/mol. The van der Waals surface area contributed by atoms with Crippen molar-refractivity contribution < 1.29 is 4.79 Å². The Bertz CT molecular complexity index is 1540. The number of fused-ring (bicyclic) bond motifs is 3. The zero-order valence-electron chi connectivity index (χ0n) is 22.1. The fourth-order valence-corrected chi connectivity index (χ4v) is 5.71. The highest BCUT2D eigenvalue weighted by atomic mass is 35.5. The minimum atomic E-state index is 0.00423. The SMILES string of the molecule is O=C(CN1CCN(C/C=C/c2ccccc2)CC1)Nc1ccc2c(c1)CCc1nnc(-c3cc(Cl)ccc3Cl)n1-2. The Balaban J connectivity index is 1.06. The third-order valence-corrected chi connectivity index (χ3v) is 7.99. The van der Waals surface area contributed by atoms with Gasteiger partial charge in [-0.1, -0.05) is 65.7 Å². The summed E-state index contributed by atoms with van der Waals surface area (Å²) in [6.07, 6.45) is 5.94. The molecular formula is C31H30Cl2N6O. The van der Waals surface area contributed by atoms with Crippen molar-refractivity contribution in [3.05, 3.63) is 99.8 Å². The van der Waals surface area contributed by atoms with Crippen LogP contribution in [-0.2, 0) is 17.6 Å². The molecule has 4 aromatic rings. The topological polar surface area (TPSA) is 66.3 Å². The molecule has 1 aromatic heterocycles. The number of nitrogens with zero attached hydrogens (tertiary/aromatic N) is 5. The molecule has 1 saturated heterocycles. The number of anilines is 1. The number of piperazine rings is 1. The Labute approximate surface area is 244 Å². The molecule has 0 unspecified atom stereocenters. The summed E-state index contributed by atoms with van der Waals surface area (Å²) in [6, 6.07) is 21.7. The largest absolute Gasteiger partial charge is 0.325 e. The smallest absolute Gasteiger partial charge is 0.238 e. The van der Waals surface area contributed by atoms with Crippen LogP contribution in [0.15, 0.2) is 72.8 Å². The van der Waals surface area contributed by atoms with Crippen molar-refractivity contribution in [3.63, 3.8) is 0 Å². The number of hydrogen-bond donors (Lipinski definition) is 1. The molecule has 40 heavy (non-hydrogen) atoms. The predicted octanol–water partition coefficient (Wildman–Crippen LogP) is 5.61. The molecule has 1 N–H and O–H groups in total. The van der Waals surface area contributed by atoms with E-state index in [0.29, 0.717) is 22.4 Å². The number of halogens is 2. The summed E-state index contributed by atoms with van der Waals surface area (Å²) in [6.45, 7) is 4.96. The Morgan fingerprint density at radius 1 is 0.900 bits per heavy atom. The molecule has 0 aliphatic carbocycles. The van der Waals surface area contributed by atoms with Gasteiger partial charge >= 0.3 is 0 Å². The summed E-state index contributed by atoms with van der Waals surface area (Å²) in [4.78, 5) is 17.5. The summed E-state index contributed by atoms with van der Waals surface area (Å²) < 4.78 is 2.04. The van der Waals surface area contributed by atoms with Gasteiger partial charge in [-0.3, -0.25) is 19.2 Å². The number of aromatic nitrogens is 3. The van der Waals surface area contributed by atoms with E-state index >= 15 is 0 Å². The van der Waals surface area contributed by atoms with Crippen LogP contribution in [0.1, 0.15) is 17.0 Å². The monoisotopic (exact) mass is 572 g/mol. The van der Waals surface area contributed by atoms with Gasteiger partial charge in [0.25, 0.3) is 0 Å². The van der Waals surface area contributed by atoms with E-state index in [4.69, 9.17) is 23.2 Å². The van der Waals surface area contributed by atoms with Crippen molar-refractivity contribution in [1.82, 2.24) is 24.6 Å². The van der Waals surface area contributed by atoms with E-state index in [1.165, 1.54) is 5.56 Å². The standard InChI is InChI=1S/C31H30Cl2N6O/c32-24-9-11-27(33)26(20-24)31-36-35-29-13-8-23-19-25(10-12-28(23)39(29)31)34-30(40)21-38-17-15-37(16-18-38)14-4-7-22-5-2-1-3-6-22/h1-7,9-12,19-20H,8,13-18,21H2,(H,34,40)/b7-4+. The maximum Gasteiger partial charge on any atom is 0.238 e. The van der Waals surface area contributed by atoms with Gasteiger partial charge in [0.2, 0.25) is 5.91 Å². The van der Waals surface area contributed by atoms with E-state index in [-0.39, 0.29) is 5.91 Å². The van der Waals surface area contributed by atoms with Gasteiger partial charge < -0.3 is 5.32 Å². The number of aryl methyl sites for hydroxylation is 2. The van der Waals surface area contributed by atoms with Gasteiger partial charge in [0, 0.05) is 55.4 Å². The fourth-order valence-electron chi connectivity index (χ4n) is 5.34.